The van der Waals surface area contributed by atoms with E-state index in [9.17, 15) is 0 Å². The van der Waals surface area contributed by atoms with E-state index in [4.69, 9.17) is 5.73 Å². The van der Waals surface area contributed by atoms with Gasteiger partial charge in [0.1, 0.15) is 5.82 Å². The second-order valence-corrected chi connectivity index (χ2v) is 6.09. The third-order valence-electron chi connectivity index (χ3n) is 4.31. The topological polar surface area (TPSA) is 66.5 Å². The normalized spacial score (nSPS) is 14.3. The van der Waals surface area contributed by atoms with Gasteiger partial charge in [-0.1, -0.05) is 19.1 Å². The molecule has 1 aliphatic rings. The lowest BCUT2D eigenvalue weighted by Crippen LogP contribution is -2.22. The highest BCUT2D eigenvalue weighted by Crippen LogP contribution is 2.18. The van der Waals surface area contributed by atoms with Gasteiger partial charge in [0.05, 0.1) is 6.54 Å². The standard InChI is InChI=1S/C19H25N5.HI/c1-2-15-5-7-17(8-6-15)23-19(20)22-14-16-9-10-21-18(13-16)24-11-3-4-12-24;/h5-10,13H,2-4,11-12,14H2,1H3,(H3,20,22,23);1H. The first-order chi connectivity index (χ1) is 11.7. The summed E-state index contributed by atoms with van der Waals surface area (Å²) in [6.07, 6.45) is 5.38. The first-order valence-electron chi connectivity index (χ1n) is 8.60. The van der Waals surface area contributed by atoms with Crippen LogP contribution in [0, 0.1) is 0 Å². The number of aliphatic imine (C=N–C) groups is 1. The van der Waals surface area contributed by atoms with E-state index in [1.54, 1.807) is 0 Å². The molecule has 1 saturated heterocycles. The van der Waals surface area contributed by atoms with Crippen LogP contribution in [0.25, 0.3) is 0 Å². The molecule has 134 valence electrons. The van der Waals surface area contributed by atoms with Crippen molar-refractivity contribution in [3.05, 3.63) is 53.7 Å². The van der Waals surface area contributed by atoms with E-state index >= 15 is 0 Å². The fraction of sp³-hybridized carbons (Fsp3) is 0.368. The molecule has 0 aliphatic carbocycles. The Kier molecular flexibility index (Phi) is 7.49. The number of halogens is 1. The highest BCUT2D eigenvalue weighted by Gasteiger charge is 2.13. The Morgan fingerprint density at radius 2 is 1.88 bits per heavy atom. The second-order valence-electron chi connectivity index (χ2n) is 6.09. The zero-order valence-corrected chi connectivity index (χ0v) is 16.9. The Bertz CT molecular complexity index is 693. The summed E-state index contributed by atoms with van der Waals surface area (Å²) >= 11 is 0. The van der Waals surface area contributed by atoms with Crippen molar-refractivity contribution in [1.82, 2.24) is 4.98 Å². The van der Waals surface area contributed by atoms with Crippen molar-refractivity contribution in [2.24, 2.45) is 10.7 Å². The molecule has 1 aliphatic heterocycles. The number of hydrogen-bond donors (Lipinski definition) is 2. The van der Waals surface area contributed by atoms with Gasteiger partial charge in [-0.3, -0.25) is 0 Å². The molecule has 3 rings (SSSR count). The van der Waals surface area contributed by atoms with Crippen LogP contribution in [0.4, 0.5) is 11.5 Å². The van der Waals surface area contributed by atoms with Crippen LogP contribution >= 0.6 is 24.0 Å². The van der Waals surface area contributed by atoms with E-state index in [0.29, 0.717) is 12.5 Å². The van der Waals surface area contributed by atoms with Crippen molar-refractivity contribution < 1.29 is 0 Å². The SMILES string of the molecule is CCc1ccc(NC(N)=NCc2ccnc(N3CCCC3)c2)cc1.I. The summed E-state index contributed by atoms with van der Waals surface area (Å²) in [6.45, 7) is 4.88. The van der Waals surface area contributed by atoms with E-state index in [1.165, 1.54) is 18.4 Å². The molecule has 1 aromatic carbocycles. The number of hydrogen-bond acceptors (Lipinski definition) is 3. The van der Waals surface area contributed by atoms with Gasteiger partial charge in [-0.05, 0) is 54.7 Å². The minimum absolute atomic E-state index is 0. The molecule has 6 heteroatoms. The van der Waals surface area contributed by atoms with Crippen LogP contribution in [0.15, 0.2) is 47.6 Å². The summed E-state index contributed by atoms with van der Waals surface area (Å²) in [7, 11) is 0. The number of pyridine rings is 1. The molecule has 0 atom stereocenters. The first-order valence-corrected chi connectivity index (χ1v) is 8.60. The molecule has 1 aromatic heterocycles. The molecular weight excluding hydrogens is 425 g/mol. The van der Waals surface area contributed by atoms with Gasteiger partial charge < -0.3 is 16.0 Å². The van der Waals surface area contributed by atoms with Crippen molar-refractivity contribution >= 4 is 41.4 Å². The van der Waals surface area contributed by atoms with Gasteiger partial charge in [0.25, 0.3) is 0 Å². The third kappa shape index (κ3) is 5.59. The van der Waals surface area contributed by atoms with Crippen LogP contribution in [0.3, 0.4) is 0 Å². The number of nitrogens with two attached hydrogens (primary N) is 1. The molecule has 0 bridgehead atoms. The molecule has 5 nitrogen and oxygen atoms in total. The van der Waals surface area contributed by atoms with E-state index in [2.05, 4.69) is 45.3 Å². The van der Waals surface area contributed by atoms with Crippen LogP contribution in [0.1, 0.15) is 30.9 Å². The van der Waals surface area contributed by atoms with Crippen LogP contribution in [0.5, 0.6) is 0 Å². The quantitative estimate of drug-likeness (QED) is 0.413. The summed E-state index contributed by atoms with van der Waals surface area (Å²) in [6, 6.07) is 12.4. The largest absolute Gasteiger partial charge is 0.370 e. The van der Waals surface area contributed by atoms with Crippen LogP contribution in [-0.4, -0.2) is 24.0 Å². The number of nitrogens with one attached hydrogen (secondary N) is 1. The van der Waals surface area contributed by atoms with Gasteiger partial charge >= 0.3 is 0 Å². The van der Waals surface area contributed by atoms with Crippen molar-refractivity contribution in [2.75, 3.05) is 23.3 Å². The van der Waals surface area contributed by atoms with Gasteiger partial charge in [-0.2, -0.15) is 0 Å². The van der Waals surface area contributed by atoms with Crippen molar-refractivity contribution in [2.45, 2.75) is 32.7 Å². The summed E-state index contributed by atoms with van der Waals surface area (Å²) in [5, 5.41) is 3.13. The maximum atomic E-state index is 6.00. The highest BCUT2D eigenvalue weighted by atomic mass is 127. The van der Waals surface area contributed by atoms with Gasteiger partial charge in [0, 0.05) is 25.0 Å². The molecule has 1 fully saturated rings. The Morgan fingerprint density at radius 1 is 1.16 bits per heavy atom. The molecule has 2 heterocycles. The number of anilines is 2. The number of rotatable bonds is 5. The summed E-state index contributed by atoms with van der Waals surface area (Å²) in [5.74, 6) is 1.47. The summed E-state index contributed by atoms with van der Waals surface area (Å²) in [4.78, 5) is 11.2. The first kappa shape index (κ1) is 19.5. The number of benzene rings is 1. The summed E-state index contributed by atoms with van der Waals surface area (Å²) in [5.41, 5.74) is 9.39. The van der Waals surface area contributed by atoms with Gasteiger partial charge in [0.15, 0.2) is 5.96 Å². The van der Waals surface area contributed by atoms with Crippen molar-refractivity contribution in [3.8, 4) is 0 Å². The minimum Gasteiger partial charge on any atom is -0.370 e. The molecular formula is C19H26IN5. The van der Waals surface area contributed by atoms with E-state index in [-0.39, 0.29) is 24.0 Å². The smallest absolute Gasteiger partial charge is 0.193 e. The highest BCUT2D eigenvalue weighted by molar-refractivity contribution is 14.0. The predicted octanol–water partition coefficient (Wildman–Crippen LogP) is 3.79. The summed E-state index contributed by atoms with van der Waals surface area (Å²) < 4.78 is 0. The average molecular weight is 451 g/mol. The zero-order chi connectivity index (χ0) is 16.8. The van der Waals surface area contributed by atoms with Crippen LogP contribution < -0.4 is 16.0 Å². The second kappa shape index (κ2) is 9.60. The molecule has 3 N–H and O–H groups in total. The lowest BCUT2D eigenvalue weighted by atomic mass is 10.1. The Balaban J connectivity index is 0.00000225. The fourth-order valence-corrected chi connectivity index (χ4v) is 2.87. The van der Waals surface area contributed by atoms with E-state index < -0.39 is 0 Å². The third-order valence-corrected chi connectivity index (χ3v) is 4.31. The van der Waals surface area contributed by atoms with Crippen LogP contribution in [0.2, 0.25) is 0 Å². The predicted molar refractivity (Wildman–Crippen MR) is 116 cm³/mol. The molecule has 25 heavy (non-hydrogen) atoms. The number of guanidine groups is 1. The average Bonchev–Trinajstić information content (AvgIpc) is 3.16. The monoisotopic (exact) mass is 451 g/mol. The van der Waals surface area contributed by atoms with E-state index in [1.807, 2.05) is 24.4 Å². The fourth-order valence-electron chi connectivity index (χ4n) is 2.87. The Morgan fingerprint density at radius 3 is 2.56 bits per heavy atom. The van der Waals surface area contributed by atoms with Gasteiger partial charge in [0.2, 0.25) is 0 Å². The van der Waals surface area contributed by atoms with E-state index in [0.717, 1.165) is 36.6 Å². The van der Waals surface area contributed by atoms with Crippen LogP contribution in [-0.2, 0) is 13.0 Å². The Labute approximate surface area is 166 Å². The van der Waals surface area contributed by atoms with Gasteiger partial charge in [-0.15, -0.1) is 24.0 Å². The van der Waals surface area contributed by atoms with Crippen molar-refractivity contribution in [1.29, 1.82) is 0 Å². The number of aromatic nitrogens is 1. The molecule has 2 aromatic rings. The lowest BCUT2D eigenvalue weighted by Gasteiger charge is -2.16. The number of nitrogens with zero attached hydrogens (tertiary/aromatic N) is 3. The molecule has 0 unspecified atom stereocenters. The zero-order valence-electron chi connectivity index (χ0n) is 14.6. The molecule has 0 spiro atoms. The van der Waals surface area contributed by atoms with Crippen molar-refractivity contribution in [3.63, 3.8) is 0 Å². The number of aryl methyl sites for hydroxylation is 1. The Hall–Kier alpha value is -1.83. The maximum Gasteiger partial charge on any atom is 0.193 e. The molecule has 0 radical (unpaired) electrons. The van der Waals surface area contributed by atoms with Gasteiger partial charge in [-0.25, -0.2) is 9.98 Å². The molecule has 0 amide bonds. The maximum absolute atomic E-state index is 6.00. The molecule has 0 saturated carbocycles. The minimum atomic E-state index is 0. The lowest BCUT2D eigenvalue weighted by molar-refractivity contribution is 0.928.